The van der Waals surface area contributed by atoms with Crippen molar-refractivity contribution in [3.8, 4) is 0 Å². The van der Waals surface area contributed by atoms with Gasteiger partial charge in [-0.15, -0.1) is 0 Å². The number of rotatable bonds is 2. The normalized spacial score (nSPS) is 38.5. The van der Waals surface area contributed by atoms with Gasteiger partial charge in [0.1, 0.15) is 5.60 Å². The number of nitrogens with zero attached hydrogens (tertiary/aromatic N) is 5. The highest BCUT2D eigenvalue weighted by Crippen LogP contribution is 2.44. The predicted octanol–water partition coefficient (Wildman–Crippen LogP) is 0.620. The Morgan fingerprint density at radius 1 is 1.00 bits per heavy atom. The fraction of sp³-hybridized carbons (Fsp3) is 0.765. The summed E-state index contributed by atoms with van der Waals surface area (Å²) >= 11 is 0. The Morgan fingerprint density at radius 3 is 2.38 bits per heavy atom. The van der Waals surface area contributed by atoms with Crippen molar-refractivity contribution in [1.82, 2.24) is 14.9 Å². The summed E-state index contributed by atoms with van der Waals surface area (Å²) in [5, 5.41) is 0. The van der Waals surface area contributed by atoms with E-state index in [-0.39, 0.29) is 5.60 Å². The second-order valence-corrected chi connectivity index (χ2v) is 7.65. The summed E-state index contributed by atoms with van der Waals surface area (Å²) < 4.78 is 6.38. The molecule has 5 aliphatic heterocycles. The predicted molar refractivity (Wildman–Crippen MR) is 91.8 cm³/mol. The Labute approximate surface area is 142 Å². The van der Waals surface area contributed by atoms with E-state index in [1.807, 2.05) is 0 Å². The summed E-state index contributed by atoms with van der Waals surface area (Å²) in [5.41, 5.74) is 6.29. The first-order valence-corrected chi connectivity index (χ1v) is 9.24. The highest BCUT2D eigenvalue weighted by atomic mass is 16.6. The van der Waals surface area contributed by atoms with Crippen LogP contribution in [0.4, 0.5) is 11.6 Å². The molecule has 0 aliphatic carbocycles. The lowest BCUT2D eigenvalue weighted by Gasteiger charge is -2.50. The van der Waals surface area contributed by atoms with Crippen molar-refractivity contribution in [1.29, 1.82) is 0 Å². The number of anilines is 2. The number of nitrogens with two attached hydrogens (primary N) is 1. The largest absolute Gasteiger partial charge is 0.354 e. The number of fused-ring (bicyclic) bond motifs is 2. The minimum Gasteiger partial charge on any atom is -0.354 e. The number of aromatic nitrogens is 2. The van der Waals surface area contributed by atoms with Gasteiger partial charge in [-0.25, -0.2) is 9.97 Å². The van der Waals surface area contributed by atoms with Gasteiger partial charge in [-0.2, -0.15) is 0 Å². The molecule has 0 amide bonds. The molecule has 2 N–H and O–H groups in total. The number of hydrogen-bond donors (Lipinski definition) is 1. The summed E-state index contributed by atoms with van der Waals surface area (Å²) in [6.45, 7) is 6.34. The summed E-state index contributed by atoms with van der Waals surface area (Å²) in [7, 11) is 0. The molecule has 24 heavy (non-hydrogen) atoms. The Balaban J connectivity index is 1.46. The molecule has 2 unspecified atom stereocenters. The highest BCUT2D eigenvalue weighted by molar-refractivity contribution is 5.63. The average molecular weight is 330 g/mol. The monoisotopic (exact) mass is 330 g/mol. The van der Waals surface area contributed by atoms with Crippen LogP contribution in [0.5, 0.6) is 0 Å². The molecule has 2 bridgehead atoms. The van der Waals surface area contributed by atoms with E-state index in [2.05, 4.69) is 24.7 Å². The Kier molecular flexibility index (Phi) is 3.43. The molecule has 5 saturated heterocycles. The van der Waals surface area contributed by atoms with Gasteiger partial charge in [0.2, 0.25) is 0 Å². The quantitative estimate of drug-likeness (QED) is 0.852. The number of piperidine rings is 3. The number of hydrogen-bond acceptors (Lipinski definition) is 7. The number of ether oxygens (including phenoxy) is 1. The van der Waals surface area contributed by atoms with Crippen LogP contribution in [0.25, 0.3) is 0 Å². The van der Waals surface area contributed by atoms with Crippen LogP contribution in [0, 0.1) is 5.92 Å². The van der Waals surface area contributed by atoms with E-state index in [0.717, 1.165) is 37.8 Å². The minimum absolute atomic E-state index is 0.129. The van der Waals surface area contributed by atoms with Crippen LogP contribution in [0.2, 0.25) is 0 Å². The smallest absolute Gasteiger partial charge is 0.186 e. The van der Waals surface area contributed by atoms with Crippen LogP contribution >= 0.6 is 0 Å². The molecule has 2 atom stereocenters. The molecule has 5 aliphatic rings. The molecular formula is C17H26N6O. The zero-order valence-corrected chi connectivity index (χ0v) is 14.1. The topological polar surface area (TPSA) is 70.8 Å². The molecular weight excluding hydrogens is 304 g/mol. The van der Waals surface area contributed by atoms with Crippen LogP contribution in [-0.4, -0.2) is 66.1 Å². The van der Waals surface area contributed by atoms with Gasteiger partial charge in [-0.3, -0.25) is 5.73 Å². The van der Waals surface area contributed by atoms with E-state index in [0.29, 0.717) is 5.92 Å². The van der Waals surface area contributed by atoms with Gasteiger partial charge >= 0.3 is 0 Å². The fourth-order valence-corrected chi connectivity index (χ4v) is 5.03. The Bertz CT molecular complexity index is 613. The van der Waals surface area contributed by atoms with Crippen molar-refractivity contribution in [3.63, 3.8) is 0 Å². The van der Waals surface area contributed by atoms with E-state index in [4.69, 9.17) is 10.5 Å². The van der Waals surface area contributed by atoms with Gasteiger partial charge in [0.05, 0.1) is 6.54 Å². The van der Waals surface area contributed by atoms with Gasteiger partial charge in [0.25, 0.3) is 0 Å². The Hall–Kier alpha value is -1.44. The first-order valence-electron chi connectivity index (χ1n) is 9.24. The van der Waals surface area contributed by atoms with Crippen LogP contribution < -0.4 is 15.5 Å². The first kappa shape index (κ1) is 14.9. The zero-order chi connectivity index (χ0) is 16.1. The van der Waals surface area contributed by atoms with Crippen molar-refractivity contribution < 1.29 is 4.74 Å². The maximum absolute atomic E-state index is 6.41. The molecule has 7 heteroatoms. The van der Waals surface area contributed by atoms with E-state index in [1.165, 1.54) is 38.8 Å². The lowest BCUT2D eigenvalue weighted by molar-refractivity contribution is -0.137. The molecule has 6 heterocycles. The van der Waals surface area contributed by atoms with Crippen LogP contribution in [0.15, 0.2) is 12.4 Å². The third-order valence-electron chi connectivity index (χ3n) is 6.26. The van der Waals surface area contributed by atoms with Gasteiger partial charge in [0.15, 0.2) is 18.0 Å². The van der Waals surface area contributed by atoms with Crippen molar-refractivity contribution >= 4 is 11.6 Å². The molecule has 130 valence electrons. The first-order chi connectivity index (χ1) is 11.8. The molecule has 5 fully saturated rings. The Morgan fingerprint density at radius 2 is 1.71 bits per heavy atom. The van der Waals surface area contributed by atoms with Crippen molar-refractivity contribution in [2.45, 2.75) is 37.6 Å². The van der Waals surface area contributed by atoms with Crippen molar-refractivity contribution in [2.75, 3.05) is 49.1 Å². The summed E-state index contributed by atoms with van der Waals surface area (Å²) in [6, 6.07) is 0. The van der Waals surface area contributed by atoms with E-state index < -0.39 is 6.35 Å². The van der Waals surface area contributed by atoms with Crippen molar-refractivity contribution in [3.05, 3.63) is 12.4 Å². The molecule has 1 aromatic rings. The molecule has 6 rings (SSSR count). The maximum atomic E-state index is 6.41. The van der Waals surface area contributed by atoms with Gasteiger partial charge in [0, 0.05) is 32.0 Å². The highest BCUT2D eigenvalue weighted by Gasteiger charge is 2.54. The van der Waals surface area contributed by atoms with E-state index >= 15 is 0 Å². The SMILES string of the molecule is NC1OC2(CN3CCC2CC3)CN1c1nccnc1N1CCCC1. The second kappa shape index (κ2) is 5.54. The maximum Gasteiger partial charge on any atom is 0.186 e. The van der Waals surface area contributed by atoms with Gasteiger partial charge < -0.3 is 19.4 Å². The average Bonchev–Trinajstić information content (AvgIpc) is 3.24. The van der Waals surface area contributed by atoms with Crippen LogP contribution in [0.3, 0.4) is 0 Å². The van der Waals surface area contributed by atoms with Crippen LogP contribution in [-0.2, 0) is 4.74 Å². The molecule has 0 saturated carbocycles. The molecule has 1 spiro atoms. The molecule has 0 aromatic carbocycles. The zero-order valence-electron chi connectivity index (χ0n) is 14.1. The van der Waals surface area contributed by atoms with E-state index in [9.17, 15) is 0 Å². The van der Waals surface area contributed by atoms with Crippen molar-refractivity contribution in [2.24, 2.45) is 11.7 Å². The second-order valence-electron chi connectivity index (χ2n) is 7.65. The molecule has 1 aromatic heterocycles. The minimum atomic E-state index is -0.427. The van der Waals surface area contributed by atoms with Gasteiger partial charge in [-0.1, -0.05) is 0 Å². The third-order valence-corrected chi connectivity index (χ3v) is 6.26. The van der Waals surface area contributed by atoms with E-state index in [1.54, 1.807) is 12.4 Å². The van der Waals surface area contributed by atoms with Crippen LogP contribution in [0.1, 0.15) is 25.7 Å². The third kappa shape index (κ3) is 2.22. The fourth-order valence-electron chi connectivity index (χ4n) is 5.03. The lowest BCUT2D eigenvalue weighted by atomic mass is 9.75. The standard InChI is InChI=1S/C17H26N6O/c18-16-23(12-17(24-16)11-21-9-3-13(17)4-10-21)15-14(19-5-6-20-15)22-7-1-2-8-22/h5-6,13,16H,1-4,7-12,18H2. The summed E-state index contributed by atoms with van der Waals surface area (Å²) in [4.78, 5) is 16.3. The lowest BCUT2D eigenvalue weighted by Crippen LogP contribution is -2.61. The van der Waals surface area contributed by atoms with Gasteiger partial charge in [-0.05, 0) is 44.7 Å². The summed E-state index contributed by atoms with van der Waals surface area (Å²) in [6.07, 6.45) is 8.01. The molecule has 0 radical (unpaired) electrons. The summed E-state index contributed by atoms with van der Waals surface area (Å²) in [5.74, 6) is 2.47. The molecule has 7 nitrogen and oxygen atoms in total.